The van der Waals surface area contributed by atoms with E-state index in [4.69, 9.17) is 17.0 Å². The molecule has 146 valence electrons. The van der Waals surface area contributed by atoms with Crippen LogP contribution >= 0.6 is 11.6 Å². The summed E-state index contributed by atoms with van der Waals surface area (Å²) >= 11 is 5.93. The third-order valence-corrected chi connectivity index (χ3v) is 5.78. The van der Waals surface area contributed by atoms with Gasteiger partial charge in [0, 0.05) is 23.7 Å². The number of nitrogens with one attached hydrogen (secondary N) is 1. The summed E-state index contributed by atoms with van der Waals surface area (Å²) in [6.45, 7) is 4.14. The van der Waals surface area contributed by atoms with Crippen LogP contribution in [0.2, 0.25) is 5.02 Å². The number of ketones is 1. The normalized spacial score (nSPS) is 15.2. The summed E-state index contributed by atoms with van der Waals surface area (Å²) in [7, 11) is 0. The van der Waals surface area contributed by atoms with Crippen LogP contribution in [0.5, 0.6) is 0 Å². The second kappa shape index (κ2) is 8.33. The van der Waals surface area contributed by atoms with Crippen LogP contribution in [0.25, 0.3) is 11.0 Å². The van der Waals surface area contributed by atoms with E-state index in [0.717, 1.165) is 37.2 Å². The van der Waals surface area contributed by atoms with E-state index in [1.165, 1.54) is 19.3 Å². The molecule has 1 N–H and O–H groups in total. The van der Waals surface area contributed by atoms with Gasteiger partial charge in [-0.15, -0.1) is 0 Å². The van der Waals surface area contributed by atoms with Crippen molar-refractivity contribution < 1.29 is 4.79 Å². The van der Waals surface area contributed by atoms with Gasteiger partial charge in [-0.2, -0.15) is 0 Å². The maximum Gasteiger partial charge on any atom is 0.203 e. The van der Waals surface area contributed by atoms with Crippen molar-refractivity contribution in [2.75, 3.05) is 19.6 Å². The van der Waals surface area contributed by atoms with Gasteiger partial charge in [0.15, 0.2) is 5.78 Å². The molecule has 1 aliphatic heterocycles. The third-order valence-electron chi connectivity index (χ3n) is 5.53. The van der Waals surface area contributed by atoms with Crippen molar-refractivity contribution in [2.45, 2.75) is 32.4 Å². The van der Waals surface area contributed by atoms with Crippen molar-refractivity contribution in [3.8, 4) is 0 Å². The topological polar surface area (TPSA) is 54.0 Å². The number of benzene rings is 2. The molecule has 0 amide bonds. The zero-order chi connectivity index (χ0) is 19.5. The molecule has 0 atom stereocenters. The molecule has 4 rings (SSSR count). The van der Waals surface area contributed by atoms with Crippen LogP contribution < -0.4 is 5.62 Å². The first-order valence-electron chi connectivity index (χ1n) is 9.87. The number of imidazole rings is 1. The van der Waals surface area contributed by atoms with Crippen molar-refractivity contribution >= 4 is 28.4 Å². The molecular formula is C22H25ClN4O. The lowest BCUT2D eigenvalue weighted by Gasteiger charge is -2.26. The number of hydrogen-bond acceptors (Lipinski definition) is 3. The van der Waals surface area contributed by atoms with Crippen molar-refractivity contribution in [1.29, 1.82) is 5.41 Å². The largest absolute Gasteiger partial charge is 0.309 e. The predicted octanol–water partition coefficient (Wildman–Crippen LogP) is 3.94. The zero-order valence-electron chi connectivity index (χ0n) is 15.9. The van der Waals surface area contributed by atoms with E-state index in [9.17, 15) is 4.79 Å². The number of rotatable bonds is 6. The first kappa shape index (κ1) is 19.0. The summed E-state index contributed by atoms with van der Waals surface area (Å²) in [4.78, 5) is 15.2. The number of carbonyl (C=O) groups excluding carboxylic acids is 1. The summed E-state index contributed by atoms with van der Waals surface area (Å²) in [6.07, 6.45) is 3.84. The smallest absolute Gasteiger partial charge is 0.203 e. The number of hydrogen-bond donors (Lipinski definition) is 1. The van der Waals surface area contributed by atoms with E-state index < -0.39 is 0 Å². The molecule has 0 radical (unpaired) electrons. The molecule has 0 bridgehead atoms. The number of likely N-dealkylation sites (tertiary alicyclic amines) is 1. The number of halogens is 1. The van der Waals surface area contributed by atoms with E-state index in [1.807, 2.05) is 33.4 Å². The molecule has 5 nitrogen and oxygen atoms in total. The van der Waals surface area contributed by atoms with Gasteiger partial charge in [-0.3, -0.25) is 10.2 Å². The standard InChI is InChI=1S/C22H25ClN4O/c23-18-10-8-17(9-11-18)21(28)16-27-20-7-3-2-6-19(20)26(22(27)24)15-14-25-12-4-1-5-13-25/h2-3,6-11,24H,1,4-5,12-16H2. The van der Waals surface area contributed by atoms with Crippen LogP contribution in [0, 0.1) is 5.41 Å². The lowest BCUT2D eigenvalue weighted by atomic mass is 10.1. The van der Waals surface area contributed by atoms with Crippen LogP contribution in [-0.2, 0) is 13.1 Å². The molecule has 3 aromatic rings. The Hall–Kier alpha value is -2.37. The second-order valence-corrected chi connectivity index (χ2v) is 7.82. The number of aromatic nitrogens is 2. The number of para-hydroxylation sites is 2. The van der Waals surface area contributed by atoms with Gasteiger partial charge in [0.25, 0.3) is 0 Å². The van der Waals surface area contributed by atoms with Gasteiger partial charge in [-0.05, 0) is 62.3 Å². The molecule has 28 heavy (non-hydrogen) atoms. The maximum atomic E-state index is 12.8. The van der Waals surface area contributed by atoms with Gasteiger partial charge in [-0.25, -0.2) is 0 Å². The van der Waals surface area contributed by atoms with E-state index >= 15 is 0 Å². The van der Waals surface area contributed by atoms with Crippen molar-refractivity contribution in [1.82, 2.24) is 14.0 Å². The average molecular weight is 397 g/mol. The molecule has 0 spiro atoms. The third kappa shape index (κ3) is 3.91. The Labute approximate surface area is 169 Å². The molecule has 1 aromatic heterocycles. The number of piperidine rings is 1. The van der Waals surface area contributed by atoms with Gasteiger partial charge in [-0.1, -0.05) is 30.2 Å². The van der Waals surface area contributed by atoms with Gasteiger partial charge in [0.05, 0.1) is 17.6 Å². The lowest BCUT2D eigenvalue weighted by Crippen LogP contribution is -2.35. The van der Waals surface area contributed by atoms with E-state index in [0.29, 0.717) is 16.2 Å². The highest BCUT2D eigenvalue weighted by Gasteiger charge is 2.16. The SMILES string of the molecule is N=c1n(CCN2CCCCC2)c2ccccc2n1CC(=O)c1ccc(Cl)cc1. The van der Waals surface area contributed by atoms with E-state index in [2.05, 4.69) is 4.90 Å². The Morgan fingerprint density at radius 1 is 0.893 bits per heavy atom. The Morgan fingerprint density at radius 2 is 1.54 bits per heavy atom. The molecule has 1 aliphatic rings. The quantitative estimate of drug-likeness (QED) is 0.641. The fraction of sp³-hybridized carbons (Fsp3) is 0.364. The van der Waals surface area contributed by atoms with Crippen molar-refractivity contribution in [2.24, 2.45) is 0 Å². The van der Waals surface area contributed by atoms with Gasteiger partial charge in [0.2, 0.25) is 5.62 Å². The van der Waals surface area contributed by atoms with E-state index in [1.54, 1.807) is 24.3 Å². The first-order chi connectivity index (χ1) is 13.6. The van der Waals surface area contributed by atoms with E-state index in [-0.39, 0.29) is 12.3 Å². The Morgan fingerprint density at radius 3 is 2.21 bits per heavy atom. The first-order valence-corrected chi connectivity index (χ1v) is 10.2. The summed E-state index contributed by atoms with van der Waals surface area (Å²) < 4.78 is 3.83. The monoisotopic (exact) mass is 396 g/mol. The minimum absolute atomic E-state index is 0.0194. The minimum Gasteiger partial charge on any atom is -0.309 e. The molecular weight excluding hydrogens is 372 g/mol. The van der Waals surface area contributed by atoms with Gasteiger partial charge in [0.1, 0.15) is 0 Å². The number of fused-ring (bicyclic) bond motifs is 1. The highest BCUT2D eigenvalue weighted by molar-refractivity contribution is 6.30. The fourth-order valence-corrected chi connectivity index (χ4v) is 4.10. The lowest BCUT2D eigenvalue weighted by molar-refractivity contribution is 0.0971. The second-order valence-electron chi connectivity index (χ2n) is 7.38. The number of Topliss-reactive ketones (excluding diaryl/α,β-unsaturated/α-hetero) is 1. The molecule has 2 aromatic carbocycles. The molecule has 1 fully saturated rings. The van der Waals surface area contributed by atoms with Crippen LogP contribution in [-0.4, -0.2) is 39.5 Å². The molecule has 0 aliphatic carbocycles. The summed E-state index contributed by atoms with van der Waals surface area (Å²) in [5.41, 5.74) is 2.92. The number of carbonyl (C=O) groups is 1. The maximum absolute atomic E-state index is 12.8. The Balaban J connectivity index is 1.61. The summed E-state index contributed by atoms with van der Waals surface area (Å²) in [5.74, 6) is -0.0194. The van der Waals surface area contributed by atoms with Crippen LogP contribution in [0.3, 0.4) is 0 Å². The molecule has 0 saturated carbocycles. The zero-order valence-corrected chi connectivity index (χ0v) is 16.7. The number of nitrogens with zero attached hydrogens (tertiary/aromatic N) is 3. The minimum atomic E-state index is -0.0194. The van der Waals surface area contributed by atoms with Gasteiger partial charge >= 0.3 is 0 Å². The van der Waals surface area contributed by atoms with Crippen LogP contribution in [0.15, 0.2) is 48.5 Å². The molecule has 0 unspecified atom stereocenters. The van der Waals surface area contributed by atoms with Crippen LogP contribution in [0.1, 0.15) is 29.6 Å². The van der Waals surface area contributed by atoms with Gasteiger partial charge < -0.3 is 14.0 Å². The fourth-order valence-electron chi connectivity index (χ4n) is 3.98. The molecule has 1 saturated heterocycles. The highest BCUT2D eigenvalue weighted by atomic mass is 35.5. The molecule has 6 heteroatoms. The molecule has 2 heterocycles. The summed E-state index contributed by atoms with van der Waals surface area (Å²) in [5, 5.41) is 9.33. The van der Waals surface area contributed by atoms with Crippen molar-refractivity contribution in [3.63, 3.8) is 0 Å². The highest BCUT2D eigenvalue weighted by Crippen LogP contribution is 2.16. The van der Waals surface area contributed by atoms with Crippen molar-refractivity contribution in [3.05, 3.63) is 64.7 Å². The summed E-state index contributed by atoms with van der Waals surface area (Å²) in [6, 6.07) is 14.9. The average Bonchev–Trinajstić information content (AvgIpc) is 2.99. The Bertz CT molecular complexity index is 1030. The van der Waals surface area contributed by atoms with Crippen LogP contribution in [0.4, 0.5) is 0 Å². The Kier molecular flexibility index (Phi) is 5.64. The predicted molar refractivity (Wildman–Crippen MR) is 112 cm³/mol.